The molecule has 4 aromatic rings. The molecule has 0 radical (unpaired) electrons. The van der Waals surface area contributed by atoms with Crippen molar-refractivity contribution in [1.82, 2.24) is 0 Å². The fourth-order valence-corrected chi connectivity index (χ4v) is 3.30. The van der Waals surface area contributed by atoms with Gasteiger partial charge in [-0.25, -0.2) is 12.2 Å². The smallest absolute Gasteiger partial charge is 0.0253 e. The molecule has 0 aliphatic heterocycles. The molecule has 0 saturated heterocycles. The molecule has 0 saturated carbocycles. The average Bonchev–Trinajstić information content (AvgIpc) is 3.59. The van der Waals surface area contributed by atoms with Crippen LogP contribution < -0.4 is 0 Å². The molecule has 4 aromatic carbocycles. The van der Waals surface area contributed by atoms with Crippen LogP contribution in [0.2, 0.25) is 0 Å². The molecule has 0 N–H and O–H groups in total. The molecule has 0 atom stereocenters. The Labute approximate surface area is 247 Å². The van der Waals surface area contributed by atoms with Crippen LogP contribution in [0.1, 0.15) is 28.7 Å². The first-order valence-corrected chi connectivity index (χ1v) is 17.2. The maximum atomic E-state index is 3.30. The second-order valence-electron chi connectivity index (χ2n) is 7.56. The fourth-order valence-electron chi connectivity index (χ4n) is 3.30. The monoisotopic (exact) mass is 604 g/mol. The molecule has 2 aliphatic rings. The zero-order chi connectivity index (χ0) is 24.4. The van der Waals surface area contributed by atoms with Crippen molar-refractivity contribution in [2.45, 2.75) is 26.7 Å². The summed E-state index contributed by atoms with van der Waals surface area (Å²) in [6.45, 7) is 6.06. The Morgan fingerprint density at radius 3 is 1.75 bits per heavy atom. The summed E-state index contributed by atoms with van der Waals surface area (Å²) in [7, 11) is 0. The summed E-state index contributed by atoms with van der Waals surface area (Å²) in [4.78, 5) is 0. The van der Waals surface area contributed by atoms with E-state index in [1.807, 2.05) is 61.5 Å². The van der Waals surface area contributed by atoms with Gasteiger partial charge in [-0.1, -0.05) is 49.2 Å². The molecular weight excluding hydrogens is 575 g/mol. The summed E-state index contributed by atoms with van der Waals surface area (Å²) in [6.07, 6.45) is 11.0. The van der Waals surface area contributed by atoms with Crippen LogP contribution in [-0.2, 0) is 29.8 Å². The molecule has 0 nitrogen and oxygen atoms in total. The third-order valence-corrected chi connectivity index (χ3v) is 4.93. The molecule has 0 unspecified atom stereocenters. The minimum absolute atomic E-state index is 0. The quantitative estimate of drug-likeness (QED) is 0.124. The maximum Gasteiger partial charge on any atom is -0.0253 e. The van der Waals surface area contributed by atoms with Crippen molar-refractivity contribution in [1.29, 1.82) is 0 Å². The SMILES string of the molecule is Cc1c[c-]ccc1.Cc1c[c-]ccc1.Cl.Cl.[C-]1=CC=CC1.[SiH2]=[Zr].[c-]1cccc2c1Cc1ccccc1-2. The zero-order valence-electron chi connectivity index (χ0n) is 20.8. The summed E-state index contributed by atoms with van der Waals surface area (Å²) >= 11 is 1.58. The summed E-state index contributed by atoms with van der Waals surface area (Å²) in [5.41, 5.74) is 8.04. The predicted molar refractivity (Wildman–Crippen MR) is 158 cm³/mol. The molecule has 4 heteroatoms. The van der Waals surface area contributed by atoms with E-state index in [4.69, 9.17) is 0 Å². The Morgan fingerprint density at radius 2 is 1.31 bits per heavy atom. The van der Waals surface area contributed by atoms with E-state index in [2.05, 4.69) is 92.7 Å². The largest absolute Gasteiger partial charge is 0.179 e. The van der Waals surface area contributed by atoms with Gasteiger partial charge in [0.05, 0.1) is 0 Å². The van der Waals surface area contributed by atoms with Crippen molar-refractivity contribution < 1.29 is 23.3 Å². The van der Waals surface area contributed by atoms with Gasteiger partial charge in [0.2, 0.25) is 0 Å². The molecule has 0 bridgehead atoms. The van der Waals surface area contributed by atoms with Crippen LogP contribution in [0.25, 0.3) is 11.1 Å². The van der Waals surface area contributed by atoms with Gasteiger partial charge >= 0.3 is 30.2 Å². The molecular formula is C32H32Cl2SiZr-4. The van der Waals surface area contributed by atoms with Gasteiger partial charge in [0.15, 0.2) is 0 Å². The molecule has 0 aromatic heterocycles. The number of hydrogen-bond acceptors (Lipinski definition) is 0. The van der Waals surface area contributed by atoms with Crippen LogP contribution in [-0.4, -0.2) is 6.88 Å². The number of aryl methyl sites for hydroxylation is 2. The summed E-state index contributed by atoms with van der Waals surface area (Å²) in [5.74, 6) is 0. The first-order valence-electron chi connectivity index (χ1n) is 11.2. The third kappa shape index (κ3) is 12.8. The van der Waals surface area contributed by atoms with Crippen LogP contribution in [0.4, 0.5) is 0 Å². The van der Waals surface area contributed by atoms with Crippen molar-refractivity contribution in [2.75, 3.05) is 0 Å². The first-order chi connectivity index (χ1) is 16.7. The standard InChI is InChI=1S/C13H9.2C7H7.C5H5.2ClH.H2Si.Zr/c1-3-7-12-10(5-1)9-11-6-2-4-8-13(11)12;2*1-7-5-3-2-4-6-7;1-2-4-5-3-1;;;;/h1-5,7-8H,9H2;2*2-3,5-6H,1H3;1-3H,4H2;2*1H;1H2;/q4*-1;;;;. The molecule has 0 fully saturated rings. The summed E-state index contributed by atoms with van der Waals surface area (Å²) in [5, 5.41) is 0. The number of hydrogen-bond donors (Lipinski definition) is 0. The summed E-state index contributed by atoms with van der Waals surface area (Å²) in [6, 6.07) is 39.8. The van der Waals surface area contributed by atoms with E-state index >= 15 is 0 Å². The number of allylic oxidation sites excluding steroid dienone is 4. The van der Waals surface area contributed by atoms with E-state index in [-0.39, 0.29) is 24.8 Å². The maximum absolute atomic E-state index is 3.30. The topological polar surface area (TPSA) is 0 Å². The number of rotatable bonds is 0. The van der Waals surface area contributed by atoms with Crippen LogP contribution >= 0.6 is 24.8 Å². The number of benzene rings is 4. The molecule has 186 valence electrons. The molecule has 0 amide bonds. The molecule has 0 heterocycles. The van der Waals surface area contributed by atoms with Gasteiger partial charge in [-0.15, -0.1) is 36.8 Å². The van der Waals surface area contributed by atoms with Crippen molar-refractivity contribution in [2.24, 2.45) is 0 Å². The van der Waals surface area contributed by atoms with Crippen LogP contribution in [0.5, 0.6) is 0 Å². The molecule has 0 spiro atoms. The predicted octanol–water partition coefficient (Wildman–Crippen LogP) is 7.88. The third-order valence-electron chi connectivity index (χ3n) is 4.93. The van der Waals surface area contributed by atoms with Gasteiger partial charge in [0.1, 0.15) is 0 Å². The minimum Gasteiger partial charge on any atom is -0.179 e. The average molecular weight is 607 g/mol. The van der Waals surface area contributed by atoms with E-state index in [9.17, 15) is 0 Å². The van der Waals surface area contributed by atoms with Gasteiger partial charge < -0.3 is 0 Å². The first kappa shape index (κ1) is 34.0. The van der Waals surface area contributed by atoms with Crippen molar-refractivity contribution >= 4 is 31.7 Å². The summed E-state index contributed by atoms with van der Waals surface area (Å²) < 4.78 is 0. The Hall–Kier alpha value is -1.96. The fraction of sp³-hybridized carbons (Fsp3) is 0.125. The van der Waals surface area contributed by atoms with Crippen molar-refractivity contribution in [3.63, 3.8) is 0 Å². The molecule has 36 heavy (non-hydrogen) atoms. The Balaban J connectivity index is 0.000000464. The van der Waals surface area contributed by atoms with E-state index in [0.717, 1.165) is 12.8 Å². The van der Waals surface area contributed by atoms with Crippen LogP contribution in [0.3, 0.4) is 0 Å². The second-order valence-corrected chi connectivity index (χ2v) is 7.56. The molecule has 6 rings (SSSR count). The Bertz CT molecular complexity index is 1070. The minimum atomic E-state index is 0. The van der Waals surface area contributed by atoms with E-state index in [1.54, 1.807) is 23.3 Å². The van der Waals surface area contributed by atoms with E-state index in [1.165, 1.54) is 33.4 Å². The number of halogens is 2. The van der Waals surface area contributed by atoms with Crippen molar-refractivity contribution in [3.05, 3.63) is 156 Å². The number of fused-ring (bicyclic) bond motifs is 3. The van der Waals surface area contributed by atoms with Crippen LogP contribution in [0.15, 0.2) is 109 Å². The second kappa shape index (κ2) is 21.2. The van der Waals surface area contributed by atoms with Gasteiger partial charge in [-0.05, 0) is 6.42 Å². The van der Waals surface area contributed by atoms with Gasteiger partial charge in [-0.2, -0.15) is 108 Å². The van der Waals surface area contributed by atoms with Gasteiger partial charge in [-0.3, -0.25) is 6.08 Å². The van der Waals surface area contributed by atoms with Crippen LogP contribution in [0, 0.1) is 38.1 Å². The zero-order valence-corrected chi connectivity index (χ0v) is 26.3. The van der Waals surface area contributed by atoms with E-state index in [0.29, 0.717) is 0 Å². The molecule has 2 aliphatic carbocycles. The van der Waals surface area contributed by atoms with E-state index < -0.39 is 0 Å². The van der Waals surface area contributed by atoms with Gasteiger partial charge in [0, 0.05) is 0 Å². The van der Waals surface area contributed by atoms with Gasteiger partial charge in [0.25, 0.3) is 0 Å². The Kier molecular flexibility index (Phi) is 20.0. The normalized spacial score (nSPS) is 10.4. The van der Waals surface area contributed by atoms with Crippen molar-refractivity contribution in [3.8, 4) is 11.1 Å². The Morgan fingerprint density at radius 1 is 0.722 bits per heavy atom.